The topological polar surface area (TPSA) is 56.9 Å². The van der Waals surface area contributed by atoms with E-state index in [1.165, 1.54) is 16.7 Å². The summed E-state index contributed by atoms with van der Waals surface area (Å²) in [6.07, 6.45) is 0. The van der Waals surface area contributed by atoms with Crippen LogP contribution in [-0.4, -0.2) is 18.1 Å². The second kappa shape index (κ2) is 9.92. The predicted octanol–water partition coefficient (Wildman–Crippen LogP) is 4.82. The molecule has 0 fully saturated rings. The van der Waals surface area contributed by atoms with Crippen molar-refractivity contribution in [1.82, 2.24) is 10.3 Å². The van der Waals surface area contributed by atoms with Gasteiger partial charge in [-0.15, -0.1) is 12.4 Å². The Kier molecular flexibility index (Phi) is 7.06. The molecule has 0 unspecified atom stereocenters. The molecular formula is C24H24ClN3O. The summed E-state index contributed by atoms with van der Waals surface area (Å²) >= 11 is 0. The van der Waals surface area contributed by atoms with E-state index in [0.29, 0.717) is 5.39 Å². The highest BCUT2D eigenvalue weighted by molar-refractivity contribution is 5.85. The average molecular weight is 406 g/mol. The molecule has 4 rings (SSSR count). The van der Waals surface area contributed by atoms with Crippen LogP contribution in [0.5, 0.6) is 0 Å². The number of aromatic amines is 1. The van der Waals surface area contributed by atoms with Gasteiger partial charge >= 0.3 is 0 Å². The zero-order valence-electron chi connectivity index (χ0n) is 16.0. The van der Waals surface area contributed by atoms with E-state index in [1.807, 2.05) is 30.3 Å². The average Bonchev–Trinajstić information content (AvgIpc) is 2.74. The molecule has 0 aliphatic rings. The molecule has 4 aromatic rings. The van der Waals surface area contributed by atoms with Crippen LogP contribution in [0.4, 0.5) is 5.82 Å². The van der Waals surface area contributed by atoms with Gasteiger partial charge in [0.15, 0.2) is 5.43 Å². The lowest BCUT2D eigenvalue weighted by molar-refractivity contribution is 0.706. The Labute approximate surface area is 176 Å². The summed E-state index contributed by atoms with van der Waals surface area (Å²) in [6.45, 7) is 2.33. The van der Waals surface area contributed by atoms with Gasteiger partial charge in [0.1, 0.15) is 5.82 Å². The molecule has 3 N–H and O–H groups in total. The number of benzene rings is 3. The van der Waals surface area contributed by atoms with Crippen LogP contribution in [0.1, 0.15) is 5.56 Å². The van der Waals surface area contributed by atoms with Gasteiger partial charge in [-0.05, 0) is 34.9 Å². The van der Waals surface area contributed by atoms with Crippen LogP contribution in [-0.2, 0) is 6.54 Å². The smallest absolute Gasteiger partial charge is 0.191 e. The Morgan fingerprint density at radius 2 is 1.52 bits per heavy atom. The number of para-hydroxylation sites is 1. The van der Waals surface area contributed by atoms with Crippen molar-refractivity contribution in [1.29, 1.82) is 0 Å². The van der Waals surface area contributed by atoms with Crippen LogP contribution >= 0.6 is 12.4 Å². The van der Waals surface area contributed by atoms with Crippen molar-refractivity contribution in [3.8, 4) is 11.1 Å². The molecule has 0 bridgehead atoms. The van der Waals surface area contributed by atoms with E-state index in [2.05, 4.69) is 64.1 Å². The summed E-state index contributed by atoms with van der Waals surface area (Å²) in [5, 5.41) is 7.44. The number of hydrogen-bond acceptors (Lipinski definition) is 3. The second-order valence-electron chi connectivity index (χ2n) is 6.76. The van der Waals surface area contributed by atoms with Crippen LogP contribution in [0.25, 0.3) is 22.0 Å². The summed E-state index contributed by atoms with van der Waals surface area (Å²) in [7, 11) is 0. The van der Waals surface area contributed by atoms with Gasteiger partial charge in [-0.1, -0.05) is 60.7 Å². The number of anilines is 1. The van der Waals surface area contributed by atoms with Crippen molar-refractivity contribution < 1.29 is 0 Å². The number of nitrogens with one attached hydrogen (secondary N) is 3. The first-order valence-corrected chi connectivity index (χ1v) is 9.51. The SMILES string of the molecule is Cl.O=c1cc(NCCNCc2cccc(-c3ccccc3)c2)[nH]c2ccccc12. The maximum absolute atomic E-state index is 12.1. The van der Waals surface area contributed by atoms with Gasteiger partial charge in [0.25, 0.3) is 0 Å². The molecule has 1 aromatic heterocycles. The number of fused-ring (bicyclic) bond motifs is 1. The number of H-pyrrole nitrogens is 1. The summed E-state index contributed by atoms with van der Waals surface area (Å²) in [6, 6.07) is 28.2. The second-order valence-corrected chi connectivity index (χ2v) is 6.76. The van der Waals surface area contributed by atoms with E-state index in [9.17, 15) is 4.79 Å². The van der Waals surface area contributed by atoms with Crippen molar-refractivity contribution in [2.24, 2.45) is 0 Å². The molecule has 3 aromatic carbocycles. The van der Waals surface area contributed by atoms with Gasteiger partial charge in [0.2, 0.25) is 0 Å². The Hall–Kier alpha value is -3.08. The molecule has 0 amide bonds. The maximum Gasteiger partial charge on any atom is 0.191 e. The molecule has 0 spiro atoms. The molecule has 148 valence electrons. The maximum atomic E-state index is 12.1. The van der Waals surface area contributed by atoms with Crippen LogP contribution in [0, 0.1) is 0 Å². The minimum absolute atomic E-state index is 0. The number of rotatable bonds is 7. The van der Waals surface area contributed by atoms with Crippen molar-refractivity contribution in [2.45, 2.75) is 6.54 Å². The van der Waals surface area contributed by atoms with Crippen LogP contribution in [0.2, 0.25) is 0 Å². The predicted molar refractivity (Wildman–Crippen MR) is 124 cm³/mol. The third-order valence-electron chi connectivity index (χ3n) is 4.72. The first-order chi connectivity index (χ1) is 13.8. The number of aromatic nitrogens is 1. The molecule has 0 aliphatic heterocycles. The lowest BCUT2D eigenvalue weighted by atomic mass is 10.0. The van der Waals surface area contributed by atoms with E-state index >= 15 is 0 Å². The van der Waals surface area contributed by atoms with Gasteiger partial charge in [0.05, 0.1) is 5.52 Å². The zero-order chi connectivity index (χ0) is 19.2. The van der Waals surface area contributed by atoms with E-state index in [-0.39, 0.29) is 17.8 Å². The quantitative estimate of drug-likeness (QED) is 0.386. The molecule has 0 saturated carbocycles. The third kappa shape index (κ3) is 5.25. The van der Waals surface area contributed by atoms with Gasteiger partial charge in [-0.2, -0.15) is 0 Å². The Bertz CT molecular complexity index is 1130. The Morgan fingerprint density at radius 3 is 2.38 bits per heavy atom. The number of hydrogen-bond donors (Lipinski definition) is 3. The molecule has 29 heavy (non-hydrogen) atoms. The molecule has 4 nitrogen and oxygen atoms in total. The highest BCUT2D eigenvalue weighted by Crippen LogP contribution is 2.19. The minimum Gasteiger partial charge on any atom is -0.370 e. The van der Waals surface area contributed by atoms with Gasteiger partial charge in [-0.3, -0.25) is 4.79 Å². The summed E-state index contributed by atoms with van der Waals surface area (Å²) < 4.78 is 0. The summed E-state index contributed by atoms with van der Waals surface area (Å²) in [5.74, 6) is 0.747. The summed E-state index contributed by atoms with van der Waals surface area (Å²) in [5.41, 5.74) is 4.59. The zero-order valence-corrected chi connectivity index (χ0v) is 16.8. The van der Waals surface area contributed by atoms with E-state index in [1.54, 1.807) is 6.07 Å². The fourth-order valence-electron chi connectivity index (χ4n) is 3.30. The molecule has 5 heteroatoms. The van der Waals surface area contributed by atoms with Crippen molar-refractivity contribution in [3.05, 3.63) is 101 Å². The highest BCUT2D eigenvalue weighted by Gasteiger charge is 2.01. The van der Waals surface area contributed by atoms with Gasteiger partial charge < -0.3 is 15.6 Å². The van der Waals surface area contributed by atoms with E-state index < -0.39 is 0 Å². The molecule has 1 heterocycles. The highest BCUT2D eigenvalue weighted by atomic mass is 35.5. The number of pyridine rings is 1. The Balaban J connectivity index is 0.00000240. The first-order valence-electron chi connectivity index (χ1n) is 9.51. The lowest BCUT2D eigenvalue weighted by Gasteiger charge is -2.10. The fraction of sp³-hybridized carbons (Fsp3) is 0.125. The van der Waals surface area contributed by atoms with Crippen LogP contribution < -0.4 is 16.1 Å². The van der Waals surface area contributed by atoms with Gasteiger partial charge in [-0.25, -0.2) is 0 Å². The van der Waals surface area contributed by atoms with E-state index in [4.69, 9.17) is 0 Å². The third-order valence-corrected chi connectivity index (χ3v) is 4.72. The van der Waals surface area contributed by atoms with Crippen LogP contribution in [0.3, 0.4) is 0 Å². The molecule has 0 atom stereocenters. The standard InChI is InChI=1S/C24H23N3O.ClH/c28-23-16-24(27-22-12-5-4-11-21(22)23)26-14-13-25-17-18-7-6-10-20(15-18)19-8-2-1-3-9-19;/h1-12,15-16,25H,13-14,17H2,(H2,26,27,28);1H. The monoisotopic (exact) mass is 405 g/mol. The molecule has 0 radical (unpaired) electrons. The molecule has 0 aliphatic carbocycles. The van der Waals surface area contributed by atoms with Crippen LogP contribution in [0.15, 0.2) is 89.7 Å². The van der Waals surface area contributed by atoms with E-state index in [0.717, 1.165) is 31.0 Å². The largest absolute Gasteiger partial charge is 0.370 e. The Morgan fingerprint density at radius 1 is 0.759 bits per heavy atom. The number of halogens is 1. The molecular weight excluding hydrogens is 382 g/mol. The fourth-order valence-corrected chi connectivity index (χ4v) is 3.30. The lowest BCUT2D eigenvalue weighted by Crippen LogP contribution is -2.22. The van der Waals surface area contributed by atoms with Crippen molar-refractivity contribution in [3.63, 3.8) is 0 Å². The normalized spacial score (nSPS) is 10.5. The van der Waals surface area contributed by atoms with Crippen molar-refractivity contribution in [2.75, 3.05) is 18.4 Å². The summed E-state index contributed by atoms with van der Waals surface area (Å²) in [4.78, 5) is 15.4. The van der Waals surface area contributed by atoms with Crippen molar-refractivity contribution >= 4 is 29.1 Å². The van der Waals surface area contributed by atoms with Gasteiger partial charge in [0, 0.05) is 31.1 Å². The minimum atomic E-state index is 0. The molecule has 0 saturated heterocycles. The first kappa shape index (κ1) is 20.6.